The van der Waals surface area contributed by atoms with Crippen LogP contribution in [-0.4, -0.2) is 66.7 Å². The van der Waals surface area contributed by atoms with Gasteiger partial charge >= 0.3 is 0 Å². The van der Waals surface area contributed by atoms with Gasteiger partial charge in [-0.25, -0.2) is 12.7 Å². The predicted molar refractivity (Wildman–Crippen MR) is 108 cm³/mol. The van der Waals surface area contributed by atoms with E-state index in [2.05, 4.69) is 16.4 Å². The van der Waals surface area contributed by atoms with Crippen LogP contribution in [0.4, 0.5) is 5.88 Å². The molecule has 0 bridgehead atoms. The molecule has 0 aliphatic carbocycles. The van der Waals surface area contributed by atoms with Crippen molar-refractivity contribution in [1.82, 2.24) is 14.4 Å². The van der Waals surface area contributed by atoms with Crippen molar-refractivity contribution in [1.29, 1.82) is 0 Å². The summed E-state index contributed by atoms with van der Waals surface area (Å²) in [6.45, 7) is 8.26. The number of sulfonamides is 1. The van der Waals surface area contributed by atoms with Gasteiger partial charge in [-0.1, -0.05) is 11.1 Å². The van der Waals surface area contributed by atoms with Crippen molar-refractivity contribution >= 4 is 21.8 Å². The van der Waals surface area contributed by atoms with Crippen LogP contribution < -0.4 is 5.32 Å². The van der Waals surface area contributed by atoms with Crippen molar-refractivity contribution in [2.75, 3.05) is 31.7 Å². The molecule has 2 heterocycles. The summed E-state index contributed by atoms with van der Waals surface area (Å²) in [7, 11) is -1.29. The van der Waals surface area contributed by atoms with Crippen molar-refractivity contribution in [3.8, 4) is 12.3 Å². The maximum Gasteiger partial charge on any atom is 0.246 e. The topological polar surface area (TPSA) is 95.8 Å². The standard InChI is InChI=1S/C19H30N4O4S/c1-8-18(2,3)15-13-16(27-21-15)20-17(24)19(4,5)22(6)14-9-11-23(12-10-14)28(7,25)26/h1,13-14H,9-12H2,2-7H3,(H,20,24). The minimum atomic E-state index is -3.18. The van der Waals surface area contributed by atoms with Crippen LogP contribution >= 0.6 is 0 Å². The van der Waals surface area contributed by atoms with E-state index in [4.69, 9.17) is 10.9 Å². The SMILES string of the molecule is C#CC(C)(C)c1cc(NC(=O)C(C)(C)N(C)C2CCN(S(C)(=O)=O)CC2)on1. The highest BCUT2D eigenvalue weighted by atomic mass is 32.2. The Morgan fingerprint density at radius 3 is 2.43 bits per heavy atom. The molecule has 0 saturated carbocycles. The smallest absolute Gasteiger partial charge is 0.246 e. The summed E-state index contributed by atoms with van der Waals surface area (Å²) in [4.78, 5) is 14.9. The van der Waals surface area contributed by atoms with Crippen molar-refractivity contribution in [2.45, 2.75) is 57.5 Å². The molecule has 0 spiro atoms. The molecule has 0 radical (unpaired) electrons. The summed E-state index contributed by atoms with van der Waals surface area (Å²) in [5.41, 5.74) is -0.844. The van der Waals surface area contributed by atoms with E-state index >= 15 is 0 Å². The molecule has 2 rings (SSSR count). The van der Waals surface area contributed by atoms with Gasteiger partial charge < -0.3 is 4.52 Å². The van der Waals surface area contributed by atoms with Crippen LogP contribution in [0.5, 0.6) is 0 Å². The van der Waals surface area contributed by atoms with E-state index in [1.807, 2.05) is 39.6 Å². The van der Waals surface area contributed by atoms with E-state index in [-0.39, 0.29) is 17.8 Å². The lowest BCUT2D eigenvalue weighted by Crippen LogP contribution is -2.57. The van der Waals surface area contributed by atoms with Crippen LogP contribution in [-0.2, 0) is 20.2 Å². The lowest BCUT2D eigenvalue weighted by Gasteiger charge is -2.43. The highest BCUT2D eigenvalue weighted by Gasteiger charge is 2.39. The second-order valence-electron chi connectivity index (χ2n) is 8.36. The van der Waals surface area contributed by atoms with E-state index in [1.54, 1.807) is 6.07 Å². The Balaban J connectivity index is 2.04. The van der Waals surface area contributed by atoms with Gasteiger partial charge in [-0.2, -0.15) is 0 Å². The highest BCUT2D eigenvalue weighted by molar-refractivity contribution is 7.88. The number of likely N-dealkylation sites (N-methyl/N-ethyl adjacent to an activating group) is 1. The molecule has 0 atom stereocenters. The molecule has 9 heteroatoms. The first kappa shape index (κ1) is 22.4. The molecule has 1 aromatic rings. The summed E-state index contributed by atoms with van der Waals surface area (Å²) < 4.78 is 30.1. The monoisotopic (exact) mass is 410 g/mol. The second-order valence-corrected chi connectivity index (χ2v) is 10.3. The van der Waals surface area contributed by atoms with Gasteiger partial charge in [0.25, 0.3) is 0 Å². The summed E-state index contributed by atoms with van der Waals surface area (Å²) in [5, 5.41) is 6.72. The van der Waals surface area contributed by atoms with Crippen LogP contribution in [0, 0.1) is 12.3 Å². The zero-order valence-corrected chi connectivity index (χ0v) is 18.3. The van der Waals surface area contributed by atoms with Crippen molar-refractivity contribution in [3.05, 3.63) is 11.8 Å². The average Bonchev–Trinajstić information content (AvgIpc) is 3.09. The van der Waals surface area contributed by atoms with Crippen LogP contribution in [0.25, 0.3) is 0 Å². The first-order valence-corrected chi connectivity index (χ1v) is 11.1. The van der Waals surface area contributed by atoms with Crippen molar-refractivity contribution in [3.63, 3.8) is 0 Å². The number of aromatic nitrogens is 1. The van der Waals surface area contributed by atoms with Gasteiger partial charge in [-0.15, -0.1) is 6.42 Å². The Hall–Kier alpha value is -1.89. The fourth-order valence-corrected chi connectivity index (χ4v) is 4.02. The molecule has 1 fully saturated rings. The summed E-state index contributed by atoms with van der Waals surface area (Å²) in [6, 6.07) is 1.74. The first-order chi connectivity index (χ1) is 12.8. The number of piperidine rings is 1. The van der Waals surface area contributed by atoms with Crippen LogP contribution in [0.3, 0.4) is 0 Å². The molecule has 156 valence electrons. The van der Waals surface area contributed by atoms with E-state index in [0.717, 1.165) is 0 Å². The van der Waals surface area contributed by atoms with E-state index < -0.39 is 21.0 Å². The number of hydrogen-bond donors (Lipinski definition) is 1. The Kier molecular flexibility index (Phi) is 6.28. The number of hydrogen-bond acceptors (Lipinski definition) is 6. The van der Waals surface area contributed by atoms with Crippen LogP contribution in [0.1, 0.15) is 46.2 Å². The molecule has 1 N–H and O–H groups in total. The Bertz CT molecular complexity index is 859. The third-order valence-electron chi connectivity index (χ3n) is 5.63. The van der Waals surface area contributed by atoms with Crippen molar-refractivity contribution < 1.29 is 17.7 Å². The number of carbonyl (C=O) groups excluding carboxylic acids is 1. The number of carbonyl (C=O) groups is 1. The Morgan fingerprint density at radius 1 is 1.36 bits per heavy atom. The predicted octanol–water partition coefficient (Wildman–Crippen LogP) is 1.66. The fourth-order valence-electron chi connectivity index (χ4n) is 3.15. The fraction of sp³-hybridized carbons (Fsp3) is 0.684. The molecular weight excluding hydrogens is 380 g/mol. The maximum atomic E-state index is 12.9. The van der Waals surface area contributed by atoms with Gasteiger partial charge in [0, 0.05) is 25.2 Å². The lowest BCUT2D eigenvalue weighted by molar-refractivity contribution is -0.127. The zero-order valence-electron chi connectivity index (χ0n) is 17.4. The molecule has 8 nitrogen and oxygen atoms in total. The number of anilines is 1. The molecular formula is C19H30N4O4S. The lowest BCUT2D eigenvalue weighted by atomic mass is 9.91. The third kappa shape index (κ3) is 4.74. The molecule has 0 aromatic carbocycles. The van der Waals surface area contributed by atoms with Gasteiger partial charge in [-0.3, -0.25) is 15.0 Å². The molecule has 0 unspecified atom stereocenters. The first-order valence-electron chi connectivity index (χ1n) is 9.23. The Labute approximate surface area is 167 Å². The quantitative estimate of drug-likeness (QED) is 0.717. The molecule has 1 amide bonds. The summed E-state index contributed by atoms with van der Waals surface area (Å²) in [6.07, 6.45) is 8.07. The molecule has 28 heavy (non-hydrogen) atoms. The number of rotatable bonds is 6. The third-order valence-corrected chi connectivity index (χ3v) is 6.93. The minimum Gasteiger partial charge on any atom is -0.338 e. The van der Waals surface area contributed by atoms with E-state index in [0.29, 0.717) is 31.6 Å². The maximum absolute atomic E-state index is 12.9. The normalized spacial score (nSPS) is 17.5. The number of nitrogens with one attached hydrogen (secondary N) is 1. The largest absolute Gasteiger partial charge is 0.338 e. The highest BCUT2D eigenvalue weighted by Crippen LogP contribution is 2.27. The van der Waals surface area contributed by atoms with Crippen LogP contribution in [0.2, 0.25) is 0 Å². The van der Waals surface area contributed by atoms with Gasteiger partial charge in [-0.05, 0) is 47.6 Å². The van der Waals surface area contributed by atoms with Crippen LogP contribution in [0.15, 0.2) is 10.6 Å². The number of amides is 1. The van der Waals surface area contributed by atoms with Crippen molar-refractivity contribution in [2.24, 2.45) is 0 Å². The van der Waals surface area contributed by atoms with Gasteiger partial charge in [0.2, 0.25) is 21.8 Å². The molecule has 1 aliphatic rings. The van der Waals surface area contributed by atoms with Gasteiger partial charge in [0.05, 0.1) is 17.2 Å². The summed E-state index contributed by atoms with van der Waals surface area (Å²) in [5.74, 6) is 2.65. The van der Waals surface area contributed by atoms with E-state index in [9.17, 15) is 13.2 Å². The number of terminal acetylenes is 1. The molecule has 1 aromatic heterocycles. The molecule has 1 aliphatic heterocycles. The molecule has 1 saturated heterocycles. The average molecular weight is 411 g/mol. The second kappa shape index (κ2) is 7.85. The zero-order chi connectivity index (χ0) is 21.3. The summed E-state index contributed by atoms with van der Waals surface area (Å²) >= 11 is 0. The van der Waals surface area contributed by atoms with Gasteiger partial charge in [0.15, 0.2) is 0 Å². The van der Waals surface area contributed by atoms with Gasteiger partial charge in [0.1, 0.15) is 5.69 Å². The number of nitrogens with zero attached hydrogens (tertiary/aromatic N) is 3. The van der Waals surface area contributed by atoms with E-state index in [1.165, 1.54) is 10.6 Å². The Morgan fingerprint density at radius 2 is 1.93 bits per heavy atom. The minimum absolute atomic E-state index is 0.101.